The largest absolute Gasteiger partial charge is 0.384 e. The van der Waals surface area contributed by atoms with Gasteiger partial charge in [0.05, 0.1) is 12.8 Å². The number of rotatable bonds is 1. The molecule has 0 spiro atoms. The molecular formula is C6H9N3O. The lowest BCUT2D eigenvalue weighted by atomic mass is 10.2. The van der Waals surface area contributed by atoms with E-state index in [9.17, 15) is 0 Å². The molecular weight excluding hydrogens is 130 g/mol. The molecule has 0 saturated carbocycles. The molecule has 0 amide bonds. The van der Waals surface area contributed by atoms with Gasteiger partial charge in [-0.25, -0.2) is 0 Å². The van der Waals surface area contributed by atoms with Crippen LogP contribution in [0.25, 0.3) is 0 Å². The number of anilines is 1. The third-order valence-electron chi connectivity index (χ3n) is 1.69. The van der Waals surface area contributed by atoms with Crippen LogP contribution < -0.4 is 5.73 Å². The zero-order chi connectivity index (χ0) is 7.14. The van der Waals surface area contributed by atoms with E-state index in [1.54, 1.807) is 10.9 Å². The molecule has 10 heavy (non-hydrogen) atoms. The van der Waals surface area contributed by atoms with Crippen molar-refractivity contribution in [3.8, 4) is 0 Å². The van der Waals surface area contributed by atoms with Crippen LogP contribution in [0.4, 0.5) is 5.82 Å². The van der Waals surface area contributed by atoms with Crippen LogP contribution in [0.2, 0.25) is 0 Å². The van der Waals surface area contributed by atoms with E-state index in [1.807, 2.05) is 7.05 Å². The molecule has 2 N–H and O–H groups in total. The maximum Gasteiger partial charge on any atom is 0.127 e. The fourth-order valence-electron chi connectivity index (χ4n) is 0.940. The standard InChI is InChI=1S/C6H9N3O/c1-9-6(7)4(2-8-9)5-3-10-5/h2,5H,3,7H2,1H3. The lowest BCUT2D eigenvalue weighted by molar-refractivity contribution is 0.416. The normalized spacial score (nSPS) is 23.1. The van der Waals surface area contributed by atoms with Gasteiger partial charge >= 0.3 is 0 Å². The van der Waals surface area contributed by atoms with Gasteiger partial charge in [-0.05, 0) is 0 Å². The average molecular weight is 139 g/mol. The summed E-state index contributed by atoms with van der Waals surface area (Å²) in [5.41, 5.74) is 6.68. The minimum absolute atomic E-state index is 0.216. The quantitative estimate of drug-likeness (QED) is 0.560. The fourth-order valence-corrected chi connectivity index (χ4v) is 0.940. The summed E-state index contributed by atoms with van der Waals surface area (Å²) in [6.45, 7) is 0.788. The summed E-state index contributed by atoms with van der Waals surface area (Å²) in [5, 5.41) is 3.99. The van der Waals surface area contributed by atoms with E-state index in [-0.39, 0.29) is 6.10 Å². The van der Waals surface area contributed by atoms with Gasteiger partial charge in [0.1, 0.15) is 11.9 Å². The maximum atomic E-state index is 5.66. The van der Waals surface area contributed by atoms with Gasteiger partial charge in [0.15, 0.2) is 0 Å². The first kappa shape index (κ1) is 5.73. The number of hydrogen-bond donors (Lipinski definition) is 1. The smallest absolute Gasteiger partial charge is 0.127 e. The Labute approximate surface area is 58.6 Å². The number of nitrogen functional groups attached to an aromatic ring is 1. The van der Waals surface area contributed by atoms with Gasteiger partial charge in [-0.1, -0.05) is 0 Å². The Morgan fingerprint density at radius 3 is 3.00 bits per heavy atom. The summed E-state index contributed by atoms with van der Waals surface area (Å²) in [6, 6.07) is 0. The zero-order valence-corrected chi connectivity index (χ0v) is 5.74. The van der Waals surface area contributed by atoms with Gasteiger partial charge in [-0.3, -0.25) is 4.68 Å². The predicted molar refractivity (Wildman–Crippen MR) is 36.3 cm³/mol. The average Bonchev–Trinajstić information content (AvgIpc) is 2.67. The molecule has 54 valence electrons. The highest BCUT2D eigenvalue weighted by Gasteiger charge is 2.28. The molecule has 1 unspecified atom stereocenters. The third-order valence-corrected chi connectivity index (χ3v) is 1.69. The van der Waals surface area contributed by atoms with Crippen molar-refractivity contribution in [2.45, 2.75) is 6.10 Å². The second kappa shape index (κ2) is 1.73. The Morgan fingerprint density at radius 1 is 1.90 bits per heavy atom. The first-order valence-corrected chi connectivity index (χ1v) is 3.18. The van der Waals surface area contributed by atoms with E-state index >= 15 is 0 Å². The van der Waals surface area contributed by atoms with E-state index in [0.717, 1.165) is 12.2 Å². The molecule has 2 rings (SSSR count). The van der Waals surface area contributed by atoms with E-state index in [0.29, 0.717) is 5.82 Å². The van der Waals surface area contributed by atoms with Crippen LogP contribution in [-0.2, 0) is 11.8 Å². The topological polar surface area (TPSA) is 56.4 Å². The molecule has 1 fully saturated rings. The Hall–Kier alpha value is -1.03. The number of nitrogens with two attached hydrogens (primary N) is 1. The van der Waals surface area contributed by atoms with Crippen LogP contribution in [0.5, 0.6) is 0 Å². The molecule has 2 heterocycles. The van der Waals surface area contributed by atoms with Crippen LogP contribution in [0.1, 0.15) is 11.7 Å². The lowest BCUT2D eigenvalue weighted by Gasteiger charge is -1.93. The van der Waals surface area contributed by atoms with Crippen molar-refractivity contribution in [2.75, 3.05) is 12.3 Å². The van der Waals surface area contributed by atoms with Crippen LogP contribution in [-0.4, -0.2) is 16.4 Å². The molecule has 0 aromatic carbocycles. The van der Waals surface area contributed by atoms with Crippen LogP contribution in [0.3, 0.4) is 0 Å². The molecule has 4 heteroatoms. The lowest BCUT2D eigenvalue weighted by Crippen LogP contribution is -1.98. The third kappa shape index (κ3) is 0.690. The summed E-state index contributed by atoms with van der Waals surface area (Å²) in [6.07, 6.45) is 1.97. The number of hydrogen-bond acceptors (Lipinski definition) is 3. The Morgan fingerprint density at radius 2 is 2.60 bits per heavy atom. The summed E-state index contributed by atoms with van der Waals surface area (Å²) in [7, 11) is 1.82. The second-order valence-electron chi connectivity index (χ2n) is 2.43. The van der Waals surface area contributed by atoms with Gasteiger partial charge in [-0.2, -0.15) is 5.10 Å². The number of aromatic nitrogens is 2. The second-order valence-corrected chi connectivity index (χ2v) is 2.43. The van der Waals surface area contributed by atoms with Crippen LogP contribution >= 0.6 is 0 Å². The summed E-state index contributed by atoms with van der Waals surface area (Å²) in [5.74, 6) is 0.711. The molecule has 0 aliphatic carbocycles. The molecule has 4 nitrogen and oxygen atoms in total. The number of nitrogens with zero attached hydrogens (tertiary/aromatic N) is 2. The molecule has 1 aromatic rings. The summed E-state index contributed by atoms with van der Waals surface area (Å²) in [4.78, 5) is 0. The van der Waals surface area contributed by atoms with Crippen LogP contribution in [0, 0.1) is 0 Å². The van der Waals surface area contributed by atoms with Crippen LogP contribution in [0.15, 0.2) is 6.20 Å². The Bertz CT molecular complexity index is 251. The van der Waals surface area contributed by atoms with Gasteiger partial charge in [0.2, 0.25) is 0 Å². The van der Waals surface area contributed by atoms with E-state index in [2.05, 4.69) is 5.10 Å². The van der Waals surface area contributed by atoms with E-state index < -0.39 is 0 Å². The van der Waals surface area contributed by atoms with Crippen molar-refractivity contribution < 1.29 is 4.74 Å². The maximum absolute atomic E-state index is 5.66. The van der Waals surface area contributed by atoms with Crippen molar-refractivity contribution in [1.82, 2.24) is 9.78 Å². The number of aryl methyl sites for hydroxylation is 1. The number of ether oxygens (including phenoxy) is 1. The molecule has 1 saturated heterocycles. The minimum Gasteiger partial charge on any atom is -0.384 e. The zero-order valence-electron chi connectivity index (χ0n) is 5.74. The van der Waals surface area contributed by atoms with Gasteiger partial charge in [-0.15, -0.1) is 0 Å². The van der Waals surface area contributed by atoms with E-state index in [1.165, 1.54) is 0 Å². The van der Waals surface area contributed by atoms with Crippen molar-refractivity contribution in [1.29, 1.82) is 0 Å². The SMILES string of the molecule is Cn1ncc(C2CO2)c1N. The highest BCUT2D eigenvalue weighted by Crippen LogP contribution is 2.32. The van der Waals surface area contributed by atoms with Crippen molar-refractivity contribution in [2.24, 2.45) is 7.05 Å². The van der Waals surface area contributed by atoms with Gasteiger partial charge in [0, 0.05) is 12.6 Å². The highest BCUT2D eigenvalue weighted by molar-refractivity contribution is 5.41. The first-order chi connectivity index (χ1) is 4.79. The molecule has 0 bridgehead atoms. The fraction of sp³-hybridized carbons (Fsp3) is 0.500. The minimum atomic E-state index is 0.216. The number of epoxide rings is 1. The van der Waals surface area contributed by atoms with Gasteiger partial charge < -0.3 is 10.5 Å². The molecule has 1 aliphatic rings. The summed E-state index contributed by atoms with van der Waals surface area (Å²) < 4.78 is 6.71. The molecule has 1 aromatic heterocycles. The first-order valence-electron chi connectivity index (χ1n) is 3.18. The van der Waals surface area contributed by atoms with Gasteiger partial charge in [0.25, 0.3) is 0 Å². The Balaban J connectivity index is 2.40. The molecule has 1 aliphatic heterocycles. The van der Waals surface area contributed by atoms with E-state index in [4.69, 9.17) is 10.5 Å². The highest BCUT2D eigenvalue weighted by atomic mass is 16.6. The van der Waals surface area contributed by atoms with Crippen molar-refractivity contribution >= 4 is 5.82 Å². The molecule has 0 radical (unpaired) electrons. The molecule has 1 atom stereocenters. The predicted octanol–water partition coefficient (Wildman–Crippen LogP) is 0.0736. The monoisotopic (exact) mass is 139 g/mol. The van der Waals surface area contributed by atoms with Crippen molar-refractivity contribution in [3.63, 3.8) is 0 Å². The van der Waals surface area contributed by atoms with Crippen molar-refractivity contribution in [3.05, 3.63) is 11.8 Å². The summed E-state index contributed by atoms with van der Waals surface area (Å²) >= 11 is 0. The Kier molecular flexibility index (Phi) is 0.990.